The lowest BCUT2D eigenvalue weighted by Gasteiger charge is -2.13. The van der Waals surface area contributed by atoms with E-state index in [1.807, 2.05) is 24.3 Å². The van der Waals surface area contributed by atoms with Crippen LogP contribution in [-0.4, -0.2) is 22.4 Å². The lowest BCUT2D eigenvalue weighted by Crippen LogP contribution is -2.26. The number of aromatic nitrogens is 2. The van der Waals surface area contributed by atoms with E-state index in [2.05, 4.69) is 21.4 Å². The van der Waals surface area contributed by atoms with E-state index in [0.717, 1.165) is 17.3 Å². The molecule has 1 amide bonds. The van der Waals surface area contributed by atoms with E-state index in [9.17, 15) is 4.79 Å². The molecule has 1 aromatic carbocycles. The van der Waals surface area contributed by atoms with Crippen LogP contribution in [0.15, 0.2) is 42.2 Å². The Bertz CT molecular complexity index is 673. The summed E-state index contributed by atoms with van der Waals surface area (Å²) >= 11 is 0. The maximum atomic E-state index is 12.3. The topological polar surface area (TPSA) is 54.9 Å². The molecule has 0 radical (unpaired) electrons. The molecule has 4 heteroatoms. The average molecular weight is 281 g/mol. The zero-order chi connectivity index (χ0) is 14.5. The molecule has 0 unspecified atom stereocenters. The number of carbonyl (C=O) groups excluding carboxylic acids is 1. The van der Waals surface area contributed by atoms with Crippen LogP contribution in [0.1, 0.15) is 42.6 Å². The molecule has 1 aliphatic rings. The summed E-state index contributed by atoms with van der Waals surface area (Å²) < 4.78 is 0. The SMILES string of the molecule is O=C(NCCC1=CCCCC1)c1ncnc2ccccc12. The third-order valence-corrected chi connectivity index (χ3v) is 3.87. The number of fused-ring (bicyclic) bond motifs is 1. The fourth-order valence-electron chi connectivity index (χ4n) is 2.74. The quantitative estimate of drug-likeness (QED) is 0.875. The van der Waals surface area contributed by atoms with Crippen molar-refractivity contribution in [1.29, 1.82) is 0 Å². The van der Waals surface area contributed by atoms with Crippen molar-refractivity contribution in [3.05, 3.63) is 47.9 Å². The number of nitrogens with one attached hydrogen (secondary N) is 1. The van der Waals surface area contributed by atoms with Crippen molar-refractivity contribution in [2.75, 3.05) is 6.54 Å². The number of carbonyl (C=O) groups is 1. The number of nitrogens with zero attached hydrogens (tertiary/aromatic N) is 2. The fraction of sp³-hybridized carbons (Fsp3) is 0.353. The fourth-order valence-corrected chi connectivity index (χ4v) is 2.74. The van der Waals surface area contributed by atoms with Gasteiger partial charge in [0.1, 0.15) is 12.0 Å². The lowest BCUT2D eigenvalue weighted by molar-refractivity contribution is 0.0951. The normalized spacial score (nSPS) is 14.8. The molecule has 3 rings (SSSR count). The summed E-state index contributed by atoms with van der Waals surface area (Å²) in [6.07, 6.45) is 9.62. The number of amides is 1. The van der Waals surface area contributed by atoms with E-state index in [1.54, 1.807) is 0 Å². The van der Waals surface area contributed by atoms with Gasteiger partial charge in [-0.1, -0.05) is 29.8 Å². The summed E-state index contributed by atoms with van der Waals surface area (Å²) in [5.41, 5.74) is 2.72. The predicted octanol–water partition coefficient (Wildman–Crippen LogP) is 3.25. The van der Waals surface area contributed by atoms with Crippen molar-refractivity contribution in [2.45, 2.75) is 32.1 Å². The van der Waals surface area contributed by atoms with Gasteiger partial charge >= 0.3 is 0 Å². The zero-order valence-corrected chi connectivity index (χ0v) is 12.0. The van der Waals surface area contributed by atoms with Crippen LogP contribution in [0.25, 0.3) is 10.9 Å². The summed E-state index contributed by atoms with van der Waals surface area (Å²) in [6, 6.07) is 7.58. The van der Waals surface area contributed by atoms with Gasteiger partial charge < -0.3 is 5.32 Å². The number of hydrogen-bond donors (Lipinski definition) is 1. The molecule has 2 aromatic rings. The smallest absolute Gasteiger partial charge is 0.270 e. The largest absolute Gasteiger partial charge is 0.350 e. The highest BCUT2D eigenvalue weighted by Gasteiger charge is 2.12. The molecule has 4 nitrogen and oxygen atoms in total. The van der Waals surface area contributed by atoms with Crippen LogP contribution in [0.3, 0.4) is 0 Å². The van der Waals surface area contributed by atoms with Gasteiger partial charge in [-0.05, 0) is 38.2 Å². The highest BCUT2D eigenvalue weighted by Crippen LogP contribution is 2.19. The zero-order valence-electron chi connectivity index (χ0n) is 12.0. The Morgan fingerprint density at radius 1 is 1.19 bits per heavy atom. The lowest BCUT2D eigenvalue weighted by atomic mass is 9.97. The molecule has 0 atom stereocenters. The molecule has 0 bridgehead atoms. The van der Waals surface area contributed by atoms with Crippen molar-refractivity contribution in [3.8, 4) is 0 Å². The minimum absolute atomic E-state index is 0.120. The number of hydrogen-bond acceptors (Lipinski definition) is 3. The van der Waals surface area contributed by atoms with Crippen LogP contribution in [-0.2, 0) is 0 Å². The van der Waals surface area contributed by atoms with E-state index >= 15 is 0 Å². The molecular weight excluding hydrogens is 262 g/mol. The van der Waals surface area contributed by atoms with Gasteiger partial charge in [0.05, 0.1) is 5.52 Å². The van der Waals surface area contributed by atoms with Gasteiger partial charge in [-0.2, -0.15) is 0 Å². The van der Waals surface area contributed by atoms with Crippen molar-refractivity contribution >= 4 is 16.8 Å². The first kappa shape index (κ1) is 13.7. The predicted molar refractivity (Wildman–Crippen MR) is 83.0 cm³/mol. The average Bonchev–Trinajstić information content (AvgIpc) is 2.55. The van der Waals surface area contributed by atoms with Crippen LogP contribution in [0.4, 0.5) is 0 Å². The first-order chi connectivity index (χ1) is 10.3. The van der Waals surface area contributed by atoms with E-state index in [1.165, 1.54) is 37.6 Å². The number of allylic oxidation sites excluding steroid dienone is 1. The third kappa shape index (κ3) is 3.27. The Labute approximate surface area is 124 Å². The van der Waals surface area contributed by atoms with Crippen LogP contribution >= 0.6 is 0 Å². The number of benzene rings is 1. The van der Waals surface area contributed by atoms with E-state index in [4.69, 9.17) is 0 Å². The summed E-state index contributed by atoms with van der Waals surface area (Å²) in [7, 11) is 0. The highest BCUT2D eigenvalue weighted by molar-refractivity contribution is 6.04. The molecule has 21 heavy (non-hydrogen) atoms. The van der Waals surface area contributed by atoms with Gasteiger partial charge in [0, 0.05) is 11.9 Å². The van der Waals surface area contributed by atoms with Gasteiger partial charge in [0.15, 0.2) is 0 Å². The molecule has 0 fully saturated rings. The molecule has 1 N–H and O–H groups in total. The molecule has 0 saturated carbocycles. The van der Waals surface area contributed by atoms with Gasteiger partial charge in [0.2, 0.25) is 0 Å². The minimum atomic E-state index is -0.120. The Morgan fingerprint density at radius 2 is 2.10 bits per heavy atom. The summed E-state index contributed by atoms with van der Waals surface area (Å²) in [5, 5.41) is 3.77. The minimum Gasteiger partial charge on any atom is -0.350 e. The molecule has 0 aliphatic heterocycles. The maximum Gasteiger partial charge on any atom is 0.270 e. The number of para-hydroxylation sites is 1. The summed E-state index contributed by atoms with van der Waals surface area (Å²) in [4.78, 5) is 20.6. The molecular formula is C17H19N3O. The first-order valence-corrected chi connectivity index (χ1v) is 7.50. The van der Waals surface area contributed by atoms with Crippen LogP contribution in [0.2, 0.25) is 0 Å². The highest BCUT2D eigenvalue weighted by atomic mass is 16.1. The van der Waals surface area contributed by atoms with Crippen molar-refractivity contribution in [3.63, 3.8) is 0 Å². The standard InChI is InChI=1S/C17H19N3O/c21-17(18-11-10-13-6-2-1-3-7-13)16-14-8-4-5-9-15(14)19-12-20-16/h4-6,8-9,12H,1-3,7,10-11H2,(H,18,21). The van der Waals surface area contributed by atoms with Gasteiger partial charge in [-0.3, -0.25) is 4.79 Å². The summed E-state index contributed by atoms with van der Waals surface area (Å²) in [5.74, 6) is -0.120. The Morgan fingerprint density at radius 3 is 2.95 bits per heavy atom. The van der Waals surface area contributed by atoms with Gasteiger partial charge in [-0.25, -0.2) is 9.97 Å². The second-order valence-corrected chi connectivity index (χ2v) is 5.35. The number of rotatable bonds is 4. The molecule has 108 valence electrons. The molecule has 1 heterocycles. The van der Waals surface area contributed by atoms with E-state index < -0.39 is 0 Å². The van der Waals surface area contributed by atoms with Crippen molar-refractivity contribution < 1.29 is 4.79 Å². The van der Waals surface area contributed by atoms with Crippen molar-refractivity contribution in [1.82, 2.24) is 15.3 Å². The first-order valence-electron chi connectivity index (χ1n) is 7.50. The Balaban J connectivity index is 1.65. The van der Waals surface area contributed by atoms with Crippen LogP contribution < -0.4 is 5.32 Å². The monoisotopic (exact) mass is 281 g/mol. The Hall–Kier alpha value is -2.23. The van der Waals surface area contributed by atoms with Crippen LogP contribution in [0.5, 0.6) is 0 Å². The maximum absolute atomic E-state index is 12.3. The van der Waals surface area contributed by atoms with E-state index in [0.29, 0.717) is 12.2 Å². The second kappa shape index (κ2) is 6.48. The molecule has 1 aliphatic carbocycles. The van der Waals surface area contributed by atoms with Crippen LogP contribution in [0, 0.1) is 0 Å². The van der Waals surface area contributed by atoms with Gasteiger partial charge in [0.25, 0.3) is 5.91 Å². The summed E-state index contributed by atoms with van der Waals surface area (Å²) in [6.45, 7) is 0.670. The Kier molecular flexibility index (Phi) is 4.24. The molecule has 0 saturated heterocycles. The second-order valence-electron chi connectivity index (χ2n) is 5.35. The van der Waals surface area contributed by atoms with Crippen molar-refractivity contribution in [2.24, 2.45) is 0 Å². The molecule has 0 spiro atoms. The third-order valence-electron chi connectivity index (χ3n) is 3.87. The molecule has 1 aromatic heterocycles. The van der Waals surface area contributed by atoms with E-state index in [-0.39, 0.29) is 5.91 Å². The van der Waals surface area contributed by atoms with Gasteiger partial charge in [-0.15, -0.1) is 0 Å².